The highest BCUT2D eigenvalue weighted by Crippen LogP contribution is 2.37. The molecule has 3 amide bonds. The summed E-state index contributed by atoms with van der Waals surface area (Å²) >= 11 is 1.35. The molecule has 1 aromatic rings. The molecule has 0 bridgehead atoms. The molecule has 20 heavy (non-hydrogen) atoms. The Hall–Kier alpha value is -2.35. The normalized spacial score (nSPS) is 23.2. The van der Waals surface area contributed by atoms with Gasteiger partial charge in [-0.1, -0.05) is 0 Å². The molecular formula is C12H9N4O3S+. The predicted molar refractivity (Wildman–Crippen MR) is 69.9 cm³/mol. The van der Waals surface area contributed by atoms with E-state index in [9.17, 15) is 14.4 Å². The standard InChI is InChI=1S/C12H9N4O3S/c1-14-9-8(10(18)15(2)12(14)19)16-7-5(17)3-4-6(7)20-11(16)13-9/h3-4,8H,1-2H3/q+1. The summed E-state index contributed by atoms with van der Waals surface area (Å²) in [5.74, 6) is -0.114. The van der Waals surface area contributed by atoms with Gasteiger partial charge in [-0.25, -0.2) is 4.79 Å². The molecular weight excluding hydrogens is 280 g/mol. The van der Waals surface area contributed by atoms with Crippen LogP contribution in [0.2, 0.25) is 0 Å². The van der Waals surface area contributed by atoms with Gasteiger partial charge in [0.15, 0.2) is 5.69 Å². The number of aromatic nitrogens is 1. The Labute approximate surface area is 117 Å². The molecule has 2 aliphatic heterocycles. The first-order chi connectivity index (χ1) is 9.50. The molecule has 1 fully saturated rings. The second kappa shape index (κ2) is 3.40. The number of amidine groups is 1. The van der Waals surface area contributed by atoms with Crippen LogP contribution in [0.3, 0.4) is 0 Å². The zero-order valence-electron chi connectivity index (χ0n) is 10.7. The average molecular weight is 289 g/mol. The smallest absolute Gasteiger partial charge is 0.285 e. The molecule has 8 heteroatoms. The van der Waals surface area contributed by atoms with E-state index in [0.717, 1.165) is 9.78 Å². The molecule has 1 saturated heterocycles. The van der Waals surface area contributed by atoms with Gasteiger partial charge in [-0.15, -0.1) is 0 Å². The van der Waals surface area contributed by atoms with Crippen molar-refractivity contribution in [1.82, 2.24) is 9.80 Å². The van der Waals surface area contributed by atoms with E-state index in [1.165, 1.54) is 29.4 Å². The van der Waals surface area contributed by atoms with Crippen molar-refractivity contribution in [2.75, 3.05) is 14.1 Å². The minimum atomic E-state index is -0.721. The van der Waals surface area contributed by atoms with Gasteiger partial charge in [0.1, 0.15) is 0 Å². The van der Waals surface area contributed by atoms with Gasteiger partial charge in [0.25, 0.3) is 17.8 Å². The number of allylic oxidation sites excluding steroid dienone is 1. The number of hydrogen-bond acceptors (Lipinski definition) is 5. The number of aliphatic imine (C=N–C) groups is 1. The summed E-state index contributed by atoms with van der Waals surface area (Å²) in [6, 6.07) is -1.14. The Kier molecular flexibility index (Phi) is 1.95. The van der Waals surface area contributed by atoms with Crippen molar-refractivity contribution < 1.29 is 19.0 Å². The molecule has 4 rings (SSSR count). The second-order valence-electron chi connectivity index (χ2n) is 4.78. The third-order valence-electron chi connectivity index (χ3n) is 3.70. The van der Waals surface area contributed by atoms with Crippen LogP contribution in [0.4, 0.5) is 9.93 Å². The molecule has 0 spiro atoms. The van der Waals surface area contributed by atoms with Crippen molar-refractivity contribution in [3.8, 4) is 0 Å². The lowest BCUT2D eigenvalue weighted by Crippen LogP contribution is -2.62. The summed E-state index contributed by atoms with van der Waals surface area (Å²) in [5.41, 5.74) is 0.484. The van der Waals surface area contributed by atoms with Crippen LogP contribution < -0.4 is 4.57 Å². The zero-order chi connectivity index (χ0) is 14.2. The second-order valence-corrected chi connectivity index (χ2v) is 5.79. The molecule has 0 radical (unpaired) electrons. The lowest BCUT2D eigenvalue weighted by atomic mass is 10.1. The number of ketones is 1. The molecule has 3 heterocycles. The third kappa shape index (κ3) is 1.12. The van der Waals surface area contributed by atoms with Gasteiger partial charge in [0.05, 0.1) is 4.88 Å². The van der Waals surface area contributed by atoms with Crippen molar-refractivity contribution in [3.05, 3.63) is 16.6 Å². The number of rotatable bonds is 0. The molecule has 0 aromatic carbocycles. The van der Waals surface area contributed by atoms with Gasteiger partial charge in [0, 0.05) is 14.1 Å². The first kappa shape index (κ1) is 11.5. The largest absolute Gasteiger partial charge is 0.386 e. The van der Waals surface area contributed by atoms with Crippen LogP contribution in [0.5, 0.6) is 0 Å². The van der Waals surface area contributed by atoms with Gasteiger partial charge in [0.2, 0.25) is 5.78 Å². The Morgan fingerprint density at radius 2 is 1.95 bits per heavy atom. The first-order valence-corrected chi connectivity index (χ1v) is 6.77. The molecule has 1 aromatic heterocycles. The summed E-state index contributed by atoms with van der Waals surface area (Å²) in [4.78, 5) is 43.8. The Balaban J connectivity index is 1.95. The van der Waals surface area contributed by atoms with Crippen LogP contribution in [0.25, 0.3) is 6.08 Å². The summed E-state index contributed by atoms with van der Waals surface area (Å²) in [6.07, 6.45) is 3.22. The SMILES string of the molecule is CN1C(=O)C2C(=Nc3sc4c([n+]32)C(=O)C=C4)N(C)C1=O. The van der Waals surface area contributed by atoms with Gasteiger partial charge in [-0.3, -0.25) is 19.4 Å². The fraction of sp³-hybridized carbons (Fsp3) is 0.250. The quantitative estimate of drug-likeness (QED) is 0.647. The van der Waals surface area contributed by atoms with E-state index >= 15 is 0 Å². The van der Waals surface area contributed by atoms with Crippen molar-refractivity contribution >= 4 is 46.1 Å². The fourth-order valence-corrected chi connectivity index (χ4v) is 3.73. The zero-order valence-corrected chi connectivity index (χ0v) is 11.5. The molecule has 0 N–H and O–H groups in total. The van der Waals surface area contributed by atoms with Crippen LogP contribution in [0.1, 0.15) is 21.4 Å². The maximum atomic E-state index is 12.4. The third-order valence-corrected chi connectivity index (χ3v) is 4.72. The summed E-state index contributed by atoms with van der Waals surface area (Å²) in [6.45, 7) is 0. The number of carbonyl (C=O) groups is 3. The molecule has 7 nitrogen and oxygen atoms in total. The Bertz CT molecular complexity index is 776. The molecule has 1 atom stereocenters. The lowest BCUT2D eigenvalue weighted by molar-refractivity contribution is -0.675. The number of carbonyl (C=O) groups excluding carboxylic acids is 3. The maximum Gasteiger partial charge on any atom is 0.386 e. The summed E-state index contributed by atoms with van der Waals surface area (Å²) in [7, 11) is 3.01. The molecule has 100 valence electrons. The first-order valence-electron chi connectivity index (χ1n) is 5.95. The highest BCUT2D eigenvalue weighted by molar-refractivity contribution is 7.16. The monoisotopic (exact) mass is 289 g/mol. The topological polar surface area (TPSA) is 73.9 Å². The Morgan fingerprint density at radius 1 is 1.20 bits per heavy atom. The van der Waals surface area contributed by atoms with Crippen LogP contribution in [0, 0.1) is 0 Å². The van der Waals surface area contributed by atoms with E-state index in [1.807, 2.05) is 0 Å². The molecule has 1 aliphatic carbocycles. The van der Waals surface area contributed by atoms with E-state index in [0.29, 0.717) is 16.7 Å². The minimum Gasteiger partial charge on any atom is -0.285 e. The molecule has 0 saturated carbocycles. The number of urea groups is 1. The van der Waals surface area contributed by atoms with E-state index < -0.39 is 12.1 Å². The van der Waals surface area contributed by atoms with Gasteiger partial charge in [-0.05, 0) is 28.5 Å². The molecule has 3 aliphatic rings. The highest BCUT2D eigenvalue weighted by Gasteiger charge is 2.55. The van der Waals surface area contributed by atoms with Crippen molar-refractivity contribution in [1.29, 1.82) is 0 Å². The van der Waals surface area contributed by atoms with Crippen LogP contribution in [0.15, 0.2) is 11.1 Å². The number of thiazole rings is 1. The van der Waals surface area contributed by atoms with Gasteiger partial charge in [-0.2, -0.15) is 4.57 Å². The summed E-state index contributed by atoms with van der Waals surface area (Å²) in [5, 5.41) is 0.580. The van der Waals surface area contributed by atoms with E-state index in [-0.39, 0.29) is 11.7 Å². The number of likely N-dealkylation sites (N-methyl/N-ethyl adjacent to an activating group) is 2. The van der Waals surface area contributed by atoms with Crippen LogP contribution in [-0.4, -0.2) is 47.5 Å². The van der Waals surface area contributed by atoms with E-state index in [1.54, 1.807) is 17.7 Å². The van der Waals surface area contributed by atoms with Crippen LogP contribution in [-0.2, 0) is 4.79 Å². The number of nitrogens with zero attached hydrogens (tertiary/aromatic N) is 4. The number of hydrogen-bond donors (Lipinski definition) is 0. The van der Waals surface area contributed by atoms with Crippen molar-refractivity contribution in [2.45, 2.75) is 6.04 Å². The van der Waals surface area contributed by atoms with E-state index in [4.69, 9.17) is 0 Å². The summed E-state index contributed by atoms with van der Waals surface area (Å²) < 4.78 is 1.64. The highest BCUT2D eigenvalue weighted by atomic mass is 32.1. The number of fused-ring (bicyclic) bond motifs is 5. The Morgan fingerprint density at radius 3 is 2.70 bits per heavy atom. The fourth-order valence-electron chi connectivity index (χ4n) is 2.66. The van der Waals surface area contributed by atoms with Gasteiger partial charge < -0.3 is 0 Å². The van der Waals surface area contributed by atoms with Crippen LogP contribution >= 0.6 is 11.3 Å². The van der Waals surface area contributed by atoms with E-state index in [2.05, 4.69) is 4.99 Å². The molecule has 1 unspecified atom stereocenters. The lowest BCUT2D eigenvalue weighted by Gasteiger charge is -2.29. The maximum absolute atomic E-state index is 12.4. The minimum absolute atomic E-state index is 0.131. The van der Waals surface area contributed by atoms with Crippen molar-refractivity contribution in [2.24, 2.45) is 4.99 Å². The number of imide groups is 1. The van der Waals surface area contributed by atoms with Gasteiger partial charge >= 0.3 is 11.2 Å². The predicted octanol–water partition coefficient (Wildman–Crippen LogP) is 0.354. The van der Waals surface area contributed by atoms with Crippen molar-refractivity contribution in [3.63, 3.8) is 0 Å². The average Bonchev–Trinajstić information content (AvgIpc) is 3.04. The number of amides is 3.